The van der Waals surface area contributed by atoms with Gasteiger partial charge in [-0.25, -0.2) is 0 Å². The predicted octanol–water partition coefficient (Wildman–Crippen LogP) is 5.73. The number of hydrogen-bond acceptors (Lipinski definition) is 0. The summed E-state index contributed by atoms with van der Waals surface area (Å²) in [6.45, 7) is 15.9. The van der Waals surface area contributed by atoms with Crippen LogP contribution in [0.4, 0.5) is 0 Å². The lowest BCUT2D eigenvalue weighted by Crippen LogP contribution is -2.13. The van der Waals surface area contributed by atoms with Gasteiger partial charge in [-0.15, -0.1) is 0 Å². The van der Waals surface area contributed by atoms with Crippen molar-refractivity contribution in [3.8, 4) is 0 Å². The van der Waals surface area contributed by atoms with E-state index in [1.807, 2.05) is 0 Å². The first-order chi connectivity index (χ1) is 7.51. The highest BCUT2D eigenvalue weighted by Crippen LogP contribution is 2.27. The summed E-state index contributed by atoms with van der Waals surface area (Å²) in [4.78, 5) is 0. The molecule has 0 heteroatoms. The van der Waals surface area contributed by atoms with Crippen LogP contribution in [0.1, 0.15) is 73.1 Å². The van der Waals surface area contributed by atoms with E-state index in [1.54, 1.807) is 0 Å². The molecule has 0 saturated heterocycles. The van der Waals surface area contributed by atoms with Gasteiger partial charge in [0.25, 0.3) is 0 Å². The number of hydrogen-bond donors (Lipinski definition) is 0. The molecule has 0 heterocycles. The summed E-state index contributed by atoms with van der Waals surface area (Å²) in [5.74, 6) is 3.52. The van der Waals surface area contributed by atoms with Gasteiger partial charge in [0.2, 0.25) is 0 Å². The average molecular weight is 225 g/mol. The van der Waals surface area contributed by atoms with Crippen LogP contribution in [0.2, 0.25) is 0 Å². The Labute approximate surface area is 104 Å². The van der Waals surface area contributed by atoms with Gasteiger partial charge in [0, 0.05) is 0 Å². The summed E-state index contributed by atoms with van der Waals surface area (Å²) in [6.07, 6.45) is 7.92. The van der Waals surface area contributed by atoms with Crippen LogP contribution in [-0.4, -0.2) is 0 Å². The highest BCUT2D eigenvalue weighted by atomic mass is 14.2. The standard InChI is InChI=1S/C16H33/c1-7-9-13(3)11-14(4)12-16(6)15(5)10-8-2/h13-16H,2,7-12H2,1,3-6H3. The first-order valence-electron chi connectivity index (χ1n) is 7.30. The zero-order valence-electron chi connectivity index (χ0n) is 12.3. The molecule has 97 valence electrons. The summed E-state index contributed by atoms with van der Waals surface area (Å²) >= 11 is 0. The van der Waals surface area contributed by atoms with Crippen molar-refractivity contribution in [2.75, 3.05) is 0 Å². The molecule has 0 bridgehead atoms. The monoisotopic (exact) mass is 225 g/mol. The molecule has 16 heavy (non-hydrogen) atoms. The van der Waals surface area contributed by atoms with Gasteiger partial charge < -0.3 is 0 Å². The van der Waals surface area contributed by atoms with E-state index >= 15 is 0 Å². The summed E-state index contributed by atoms with van der Waals surface area (Å²) in [5.41, 5.74) is 0. The Morgan fingerprint density at radius 1 is 0.812 bits per heavy atom. The van der Waals surface area contributed by atoms with Gasteiger partial charge in [-0.05, 0) is 36.5 Å². The zero-order valence-corrected chi connectivity index (χ0v) is 12.3. The smallest absolute Gasteiger partial charge is 0.0414 e. The third-order valence-corrected chi connectivity index (χ3v) is 3.99. The van der Waals surface area contributed by atoms with E-state index in [-0.39, 0.29) is 0 Å². The highest BCUT2D eigenvalue weighted by Gasteiger charge is 2.16. The molecule has 0 saturated carbocycles. The maximum Gasteiger partial charge on any atom is -0.0414 e. The molecule has 0 aromatic rings. The van der Waals surface area contributed by atoms with Crippen molar-refractivity contribution in [1.29, 1.82) is 0 Å². The summed E-state index contributed by atoms with van der Waals surface area (Å²) in [7, 11) is 0. The van der Waals surface area contributed by atoms with E-state index in [1.165, 1.54) is 32.1 Å². The van der Waals surface area contributed by atoms with Gasteiger partial charge in [0.1, 0.15) is 0 Å². The number of rotatable bonds is 9. The van der Waals surface area contributed by atoms with E-state index < -0.39 is 0 Å². The van der Waals surface area contributed by atoms with Crippen molar-refractivity contribution < 1.29 is 0 Å². The van der Waals surface area contributed by atoms with E-state index in [0.29, 0.717) is 0 Å². The van der Waals surface area contributed by atoms with Crippen LogP contribution in [0.15, 0.2) is 0 Å². The fourth-order valence-corrected chi connectivity index (χ4v) is 2.87. The Bertz CT molecular complexity index is 150. The summed E-state index contributed by atoms with van der Waals surface area (Å²) in [6, 6.07) is 0. The summed E-state index contributed by atoms with van der Waals surface area (Å²) in [5, 5.41) is 0. The van der Waals surface area contributed by atoms with E-state index in [4.69, 9.17) is 0 Å². The van der Waals surface area contributed by atoms with Gasteiger partial charge in [-0.1, -0.05) is 67.2 Å². The molecule has 0 aliphatic carbocycles. The van der Waals surface area contributed by atoms with E-state index in [2.05, 4.69) is 41.5 Å². The van der Waals surface area contributed by atoms with E-state index in [9.17, 15) is 0 Å². The van der Waals surface area contributed by atoms with Gasteiger partial charge in [-0.2, -0.15) is 0 Å². The minimum atomic E-state index is 0.849. The van der Waals surface area contributed by atoms with Crippen molar-refractivity contribution in [2.45, 2.75) is 73.1 Å². The molecule has 4 atom stereocenters. The van der Waals surface area contributed by atoms with Crippen molar-refractivity contribution in [3.63, 3.8) is 0 Å². The van der Waals surface area contributed by atoms with E-state index in [0.717, 1.165) is 30.1 Å². The van der Waals surface area contributed by atoms with Crippen LogP contribution >= 0.6 is 0 Å². The zero-order chi connectivity index (χ0) is 12.6. The quantitative estimate of drug-likeness (QED) is 0.470. The molecule has 0 aromatic carbocycles. The van der Waals surface area contributed by atoms with Crippen LogP contribution in [-0.2, 0) is 0 Å². The van der Waals surface area contributed by atoms with Crippen LogP contribution < -0.4 is 0 Å². The molecule has 0 nitrogen and oxygen atoms in total. The molecule has 0 amide bonds. The van der Waals surface area contributed by atoms with Gasteiger partial charge in [-0.3, -0.25) is 0 Å². The highest BCUT2D eigenvalue weighted by molar-refractivity contribution is 4.68. The van der Waals surface area contributed by atoms with Crippen LogP contribution in [0.25, 0.3) is 0 Å². The fraction of sp³-hybridized carbons (Fsp3) is 0.938. The Balaban J connectivity index is 3.80. The molecule has 0 N–H and O–H groups in total. The molecule has 0 aromatic heterocycles. The molecular weight excluding hydrogens is 192 g/mol. The van der Waals surface area contributed by atoms with Crippen molar-refractivity contribution in [3.05, 3.63) is 6.92 Å². The molecule has 0 spiro atoms. The molecule has 4 unspecified atom stereocenters. The topological polar surface area (TPSA) is 0 Å². The second-order valence-electron chi connectivity index (χ2n) is 6.07. The Morgan fingerprint density at radius 3 is 1.94 bits per heavy atom. The SMILES string of the molecule is [CH2]CCC(C)C(C)CC(C)CC(C)CCC. The van der Waals surface area contributed by atoms with Crippen molar-refractivity contribution in [1.82, 2.24) is 0 Å². The maximum atomic E-state index is 3.96. The predicted molar refractivity (Wildman–Crippen MR) is 75.4 cm³/mol. The largest absolute Gasteiger partial charge is 0.0654 e. The molecule has 0 aliphatic heterocycles. The molecular formula is C16H33. The minimum Gasteiger partial charge on any atom is -0.0654 e. The Morgan fingerprint density at radius 2 is 1.44 bits per heavy atom. The Hall–Kier alpha value is 0. The van der Waals surface area contributed by atoms with Crippen molar-refractivity contribution in [2.24, 2.45) is 23.7 Å². The second kappa shape index (κ2) is 9.07. The third kappa shape index (κ3) is 7.30. The van der Waals surface area contributed by atoms with Crippen LogP contribution in [0.5, 0.6) is 0 Å². The second-order valence-corrected chi connectivity index (χ2v) is 6.07. The average Bonchev–Trinajstić information content (AvgIpc) is 2.17. The molecule has 0 fully saturated rings. The third-order valence-electron chi connectivity index (χ3n) is 3.99. The maximum absolute atomic E-state index is 3.96. The van der Waals surface area contributed by atoms with Crippen molar-refractivity contribution >= 4 is 0 Å². The minimum absolute atomic E-state index is 0.849. The lowest BCUT2D eigenvalue weighted by molar-refractivity contribution is 0.270. The molecule has 1 radical (unpaired) electrons. The lowest BCUT2D eigenvalue weighted by Gasteiger charge is -2.24. The normalized spacial score (nSPS) is 19.1. The first kappa shape index (κ1) is 16.0. The van der Waals surface area contributed by atoms with Gasteiger partial charge in [0.15, 0.2) is 0 Å². The van der Waals surface area contributed by atoms with Crippen LogP contribution in [0, 0.1) is 30.6 Å². The Kier molecular flexibility index (Phi) is 9.07. The van der Waals surface area contributed by atoms with Crippen LogP contribution in [0.3, 0.4) is 0 Å². The lowest BCUT2D eigenvalue weighted by atomic mass is 9.82. The molecule has 0 rings (SSSR count). The van der Waals surface area contributed by atoms with Gasteiger partial charge in [0.05, 0.1) is 0 Å². The fourth-order valence-electron chi connectivity index (χ4n) is 2.87. The molecule has 0 aliphatic rings. The first-order valence-corrected chi connectivity index (χ1v) is 7.30. The summed E-state index contributed by atoms with van der Waals surface area (Å²) < 4.78 is 0. The van der Waals surface area contributed by atoms with Gasteiger partial charge >= 0.3 is 0 Å².